The monoisotopic (exact) mass is 414 g/mol. The predicted octanol–water partition coefficient (Wildman–Crippen LogP) is 3.61. The van der Waals surface area contributed by atoms with Gasteiger partial charge in [0.05, 0.1) is 11.1 Å². The molecule has 1 N–H and O–H groups in total. The van der Waals surface area contributed by atoms with Crippen LogP contribution < -0.4 is 10.2 Å². The number of hydrogen-bond donors (Lipinski definition) is 1. The van der Waals surface area contributed by atoms with E-state index in [9.17, 15) is 0 Å². The van der Waals surface area contributed by atoms with Crippen LogP contribution in [0.3, 0.4) is 0 Å². The number of aromatic nitrogens is 4. The molecule has 0 bridgehead atoms. The zero-order valence-electron chi connectivity index (χ0n) is 16.5. The van der Waals surface area contributed by atoms with Gasteiger partial charge in [0.25, 0.3) is 0 Å². The number of halogens is 2. The van der Waals surface area contributed by atoms with E-state index >= 15 is 0 Å². The van der Waals surface area contributed by atoms with Crippen LogP contribution in [-0.2, 0) is 13.0 Å². The summed E-state index contributed by atoms with van der Waals surface area (Å²) >= 11 is 0. The van der Waals surface area contributed by atoms with Crippen molar-refractivity contribution in [3.63, 3.8) is 0 Å². The second-order valence-electron chi connectivity index (χ2n) is 7.92. The molecule has 2 aliphatic rings. The molecule has 2 atom stereocenters. The first kappa shape index (κ1) is 22.2. The molecular weight excluding hydrogens is 383 g/mol. The lowest BCUT2D eigenvalue weighted by molar-refractivity contribution is 0.562. The topological polar surface area (TPSA) is 58.9 Å². The Morgan fingerprint density at radius 2 is 2.04 bits per heavy atom. The Balaban J connectivity index is 0.00000131. The van der Waals surface area contributed by atoms with E-state index in [0.717, 1.165) is 43.9 Å². The molecule has 0 unspecified atom stereocenters. The van der Waals surface area contributed by atoms with Crippen molar-refractivity contribution >= 4 is 41.7 Å². The molecule has 27 heavy (non-hydrogen) atoms. The zero-order valence-corrected chi connectivity index (χ0v) is 18.2. The van der Waals surface area contributed by atoms with Crippen LogP contribution in [0.25, 0.3) is 11.0 Å². The Morgan fingerprint density at radius 1 is 1.22 bits per heavy atom. The van der Waals surface area contributed by atoms with Gasteiger partial charge in [0.15, 0.2) is 5.65 Å². The minimum atomic E-state index is 0. The molecule has 4 heterocycles. The highest BCUT2D eigenvalue weighted by molar-refractivity contribution is 5.90. The average molecular weight is 415 g/mol. The van der Waals surface area contributed by atoms with Crippen molar-refractivity contribution in [1.29, 1.82) is 0 Å². The quantitative estimate of drug-likeness (QED) is 0.781. The standard InChI is InChI=1S/C19H30N6.2ClH/c1-4-5-9-25-19-17(15(23-25)11-13(2)3)18(21-12-22-19)24-10-7-14-16(24)6-8-20-14;;/h12-14,16,20H,4-11H2,1-3H3;2*1H/t14-,16-;;/m0../s1. The van der Waals surface area contributed by atoms with Gasteiger partial charge in [-0.25, -0.2) is 14.6 Å². The Hall–Kier alpha value is -1.11. The Morgan fingerprint density at radius 3 is 2.78 bits per heavy atom. The van der Waals surface area contributed by atoms with Gasteiger partial charge in [0.2, 0.25) is 0 Å². The Labute approximate surface area is 174 Å². The number of nitrogens with one attached hydrogen (secondary N) is 1. The van der Waals surface area contributed by atoms with Gasteiger partial charge < -0.3 is 10.2 Å². The van der Waals surface area contributed by atoms with Crippen molar-refractivity contribution in [2.45, 2.75) is 71.5 Å². The van der Waals surface area contributed by atoms with Gasteiger partial charge in [-0.1, -0.05) is 27.2 Å². The molecule has 152 valence electrons. The lowest BCUT2D eigenvalue weighted by Crippen LogP contribution is -2.34. The first-order chi connectivity index (χ1) is 12.2. The third kappa shape index (κ3) is 4.17. The lowest BCUT2D eigenvalue weighted by Gasteiger charge is -2.25. The maximum absolute atomic E-state index is 4.96. The van der Waals surface area contributed by atoms with Crippen molar-refractivity contribution in [2.24, 2.45) is 5.92 Å². The number of anilines is 1. The second-order valence-corrected chi connectivity index (χ2v) is 7.92. The summed E-state index contributed by atoms with van der Waals surface area (Å²) in [6, 6.07) is 1.19. The van der Waals surface area contributed by atoms with Crippen molar-refractivity contribution in [1.82, 2.24) is 25.1 Å². The number of fused-ring (bicyclic) bond motifs is 2. The van der Waals surface area contributed by atoms with Gasteiger partial charge in [-0.3, -0.25) is 0 Å². The second kappa shape index (κ2) is 9.39. The van der Waals surface area contributed by atoms with Crippen LogP contribution in [0.4, 0.5) is 5.82 Å². The van der Waals surface area contributed by atoms with E-state index in [1.54, 1.807) is 6.33 Å². The van der Waals surface area contributed by atoms with Crippen LogP contribution in [0.15, 0.2) is 6.33 Å². The first-order valence-electron chi connectivity index (χ1n) is 9.89. The van der Waals surface area contributed by atoms with Crippen LogP contribution in [0.5, 0.6) is 0 Å². The highest BCUT2D eigenvalue weighted by Crippen LogP contribution is 2.35. The normalized spacial score (nSPS) is 21.4. The van der Waals surface area contributed by atoms with Crippen molar-refractivity contribution in [3.05, 3.63) is 12.0 Å². The third-order valence-corrected chi connectivity index (χ3v) is 5.57. The van der Waals surface area contributed by atoms with Gasteiger partial charge in [0.1, 0.15) is 12.1 Å². The van der Waals surface area contributed by atoms with Crippen molar-refractivity contribution < 1.29 is 0 Å². The summed E-state index contributed by atoms with van der Waals surface area (Å²) in [5.41, 5.74) is 2.19. The molecule has 0 amide bonds. The number of unbranched alkanes of at least 4 members (excludes halogenated alkanes) is 1. The zero-order chi connectivity index (χ0) is 17.4. The van der Waals surface area contributed by atoms with Crippen LogP contribution in [-0.4, -0.2) is 44.9 Å². The first-order valence-corrected chi connectivity index (χ1v) is 9.89. The van der Waals surface area contributed by atoms with Crippen LogP contribution >= 0.6 is 24.8 Å². The maximum Gasteiger partial charge on any atom is 0.163 e. The van der Waals surface area contributed by atoms with E-state index in [0.29, 0.717) is 18.0 Å². The van der Waals surface area contributed by atoms with Gasteiger partial charge >= 0.3 is 0 Å². The maximum atomic E-state index is 4.96. The fourth-order valence-corrected chi connectivity index (χ4v) is 4.40. The molecule has 2 fully saturated rings. The van der Waals surface area contributed by atoms with E-state index in [4.69, 9.17) is 10.1 Å². The van der Waals surface area contributed by atoms with E-state index in [2.05, 4.69) is 40.7 Å². The summed E-state index contributed by atoms with van der Waals surface area (Å²) in [7, 11) is 0. The number of aryl methyl sites for hydroxylation is 1. The Bertz CT molecular complexity index is 747. The number of nitrogens with zero attached hydrogens (tertiary/aromatic N) is 5. The largest absolute Gasteiger partial charge is 0.351 e. The van der Waals surface area contributed by atoms with Gasteiger partial charge in [-0.15, -0.1) is 24.8 Å². The summed E-state index contributed by atoms with van der Waals surface area (Å²) < 4.78 is 2.11. The van der Waals surface area contributed by atoms with E-state index in [1.807, 2.05) is 0 Å². The molecule has 0 radical (unpaired) electrons. The molecule has 0 aliphatic carbocycles. The highest BCUT2D eigenvalue weighted by atomic mass is 35.5. The van der Waals surface area contributed by atoms with Gasteiger partial charge in [-0.2, -0.15) is 5.10 Å². The van der Waals surface area contributed by atoms with Crippen LogP contribution in [0.1, 0.15) is 52.1 Å². The molecule has 2 aromatic heterocycles. The molecule has 0 saturated carbocycles. The highest BCUT2D eigenvalue weighted by Gasteiger charge is 2.39. The fourth-order valence-electron chi connectivity index (χ4n) is 4.40. The third-order valence-electron chi connectivity index (χ3n) is 5.57. The predicted molar refractivity (Wildman–Crippen MR) is 115 cm³/mol. The Kier molecular flexibility index (Phi) is 7.72. The molecule has 0 aromatic carbocycles. The van der Waals surface area contributed by atoms with Crippen molar-refractivity contribution in [3.8, 4) is 0 Å². The number of rotatable bonds is 6. The van der Waals surface area contributed by atoms with E-state index in [1.165, 1.54) is 30.3 Å². The summed E-state index contributed by atoms with van der Waals surface area (Å²) in [5.74, 6) is 1.69. The smallest absolute Gasteiger partial charge is 0.163 e. The molecule has 2 aromatic rings. The van der Waals surface area contributed by atoms with Gasteiger partial charge in [-0.05, 0) is 38.1 Å². The summed E-state index contributed by atoms with van der Waals surface area (Å²) in [6.45, 7) is 9.87. The van der Waals surface area contributed by atoms with E-state index in [-0.39, 0.29) is 24.8 Å². The molecule has 6 nitrogen and oxygen atoms in total. The molecule has 2 aliphatic heterocycles. The lowest BCUT2D eigenvalue weighted by atomic mass is 10.1. The molecule has 2 saturated heterocycles. The molecule has 8 heteroatoms. The summed E-state index contributed by atoms with van der Waals surface area (Å²) in [5, 5.41) is 9.79. The SMILES string of the molecule is CCCCn1nc(CC(C)C)c2c(N3CC[C@@H]4NCC[C@@H]43)ncnc21.Cl.Cl. The summed E-state index contributed by atoms with van der Waals surface area (Å²) in [6.07, 6.45) is 7.43. The van der Waals surface area contributed by atoms with Crippen LogP contribution in [0, 0.1) is 5.92 Å². The number of hydrogen-bond acceptors (Lipinski definition) is 5. The molecule has 0 spiro atoms. The minimum absolute atomic E-state index is 0. The molecule has 4 rings (SSSR count). The average Bonchev–Trinajstić information content (AvgIpc) is 3.27. The minimum Gasteiger partial charge on any atom is -0.351 e. The molecular formula is C19H32Cl2N6. The fraction of sp³-hybridized carbons (Fsp3) is 0.737. The van der Waals surface area contributed by atoms with Crippen molar-refractivity contribution in [2.75, 3.05) is 18.0 Å². The summed E-state index contributed by atoms with van der Waals surface area (Å²) in [4.78, 5) is 11.9. The van der Waals surface area contributed by atoms with E-state index < -0.39 is 0 Å². The van der Waals surface area contributed by atoms with Gasteiger partial charge in [0, 0.05) is 25.2 Å². The van der Waals surface area contributed by atoms with Crippen LogP contribution in [0.2, 0.25) is 0 Å².